The van der Waals surface area contributed by atoms with Crippen molar-refractivity contribution in [2.75, 3.05) is 0 Å². The first-order valence-electron chi connectivity index (χ1n) is 14.8. The van der Waals surface area contributed by atoms with Gasteiger partial charge in [-0.25, -0.2) is 4.99 Å². The van der Waals surface area contributed by atoms with Crippen molar-refractivity contribution in [2.45, 2.75) is 15.2 Å². The number of hydrogen-bond acceptors (Lipinski definition) is 3. The molecule has 1 heterocycles. The zero-order valence-corrected chi connectivity index (χ0v) is 29.2. The Hall–Kier alpha value is -3.66. The highest BCUT2D eigenvalue weighted by molar-refractivity contribution is 14.1. The van der Waals surface area contributed by atoms with Crippen LogP contribution in [0.25, 0.3) is 22.5 Å². The van der Waals surface area contributed by atoms with Gasteiger partial charge in [0.1, 0.15) is 3.72 Å². The molecule has 216 valence electrons. The van der Waals surface area contributed by atoms with E-state index in [9.17, 15) is 0 Å². The third-order valence-electron chi connectivity index (χ3n) is 8.74. The van der Waals surface area contributed by atoms with Crippen molar-refractivity contribution in [3.05, 3.63) is 191 Å². The van der Waals surface area contributed by atoms with E-state index in [0.717, 1.165) is 31.8 Å². The quantitative estimate of drug-likeness (QED) is 0.0810. The summed E-state index contributed by atoms with van der Waals surface area (Å²) in [4.78, 5) is 7.99. The molecule has 0 atom stereocenters. The van der Waals surface area contributed by atoms with Crippen molar-refractivity contribution in [2.24, 2.45) is 4.99 Å². The van der Waals surface area contributed by atoms with Crippen LogP contribution in [0.1, 0.15) is 38.9 Å². The largest absolute Gasteiger partial charge is 0.326 e. The Morgan fingerprint density at radius 2 is 1.07 bits per heavy atom. The maximum absolute atomic E-state index is 5.37. The third kappa shape index (κ3) is 4.70. The predicted molar refractivity (Wildman–Crippen MR) is 205 cm³/mol. The molecule has 1 aliphatic carbocycles. The van der Waals surface area contributed by atoms with Gasteiger partial charge < -0.3 is 3.53 Å². The topological polar surface area (TPSA) is 24.4 Å². The van der Waals surface area contributed by atoms with E-state index < -0.39 is 5.41 Å². The van der Waals surface area contributed by atoms with E-state index in [1.54, 1.807) is 0 Å². The van der Waals surface area contributed by atoms with Gasteiger partial charge in [0, 0.05) is 26.5 Å². The summed E-state index contributed by atoms with van der Waals surface area (Å²) in [6.45, 7) is 0. The lowest BCUT2D eigenvalue weighted by molar-refractivity contribution is 0.722. The van der Waals surface area contributed by atoms with E-state index in [0.29, 0.717) is 0 Å². The fraction of sp³-hybridized carbons (Fsp3) is 0.0250. The number of hydrogen-bond donors (Lipinski definition) is 1. The van der Waals surface area contributed by atoms with Crippen LogP contribution in [0.15, 0.2) is 166 Å². The third-order valence-corrected chi connectivity index (χ3v) is 11.3. The summed E-state index contributed by atoms with van der Waals surface area (Å²) in [5.41, 5.74) is 12.7. The van der Waals surface area contributed by atoms with Gasteiger partial charge in [-0.05, 0) is 74.2 Å². The lowest BCUT2D eigenvalue weighted by atomic mass is 9.67. The summed E-state index contributed by atoms with van der Waals surface area (Å²) in [5.74, 6) is 0. The summed E-state index contributed by atoms with van der Waals surface area (Å²) in [6.07, 6.45) is 0. The van der Waals surface area contributed by atoms with E-state index in [1.165, 1.54) is 43.2 Å². The number of rotatable bonds is 5. The number of nitrogens with one attached hydrogen (secondary N) is 1. The van der Waals surface area contributed by atoms with Crippen LogP contribution >= 0.6 is 57.2 Å². The predicted octanol–water partition coefficient (Wildman–Crippen LogP) is 11.2. The summed E-state index contributed by atoms with van der Waals surface area (Å²) < 4.78 is 4.37. The highest BCUT2D eigenvalue weighted by Crippen LogP contribution is 2.62. The monoisotopic (exact) mass is 820 g/mol. The van der Waals surface area contributed by atoms with Gasteiger partial charge >= 0.3 is 0 Å². The molecule has 8 rings (SSSR count). The first-order chi connectivity index (χ1) is 22.2. The molecule has 0 bridgehead atoms. The Labute approximate surface area is 295 Å². The van der Waals surface area contributed by atoms with Gasteiger partial charge in [0.05, 0.1) is 39.7 Å². The molecular weight excluding hydrogens is 794 g/mol. The summed E-state index contributed by atoms with van der Waals surface area (Å²) in [7, 11) is 0. The minimum Gasteiger partial charge on any atom is -0.326 e. The molecule has 0 saturated heterocycles. The van der Waals surface area contributed by atoms with Crippen molar-refractivity contribution in [1.82, 2.24) is 3.53 Å². The number of fused-ring (bicyclic) bond motifs is 9. The van der Waals surface area contributed by atoms with Crippen LogP contribution in [0.3, 0.4) is 0 Å². The van der Waals surface area contributed by atoms with Gasteiger partial charge in [0.2, 0.25) is 0 Å². The Bertz CT molecular complexity index is 2090. The number of benzene rings is 6. The Morgan fingerprint density at radius 3 is 1.71 bits per heavy atom. The van der Waals surface area contributed by atoms with Gasteiger partial charge in [-0.15, -0.1) is 0 Å². The molecule has 45 heavy (non-hydrogen) atoms. The van der Waals surface area contributed by atoms with Gasteiger partial charge in [-0.2, -0.15) is 0 Å². The van der Waals surface area contributed by atoms with Crippen molar-refractivity contribution in [3.8, 4) is 11.1 Å². The first kappa shape index (κ1) is 28.8. The summed E-state index contributed by atoms with van der Waals surface area (Å²) >= 11 is 6.52. The van der Waals surface area contributed by atoms with Crippen molar-refractivity contribution >= 4 is 72.3 Å². The van der Waals surface area contributed by atoms with Gasteiger partial charge in [-0.1, -0.05) is 145 Å². The maximum Gasteiger partial charge on any atom is 0.109 e. The molecule has 0 radical (unpaired) electrons. The summed E-state index contributed by atoms with van der Waals surface area (Å²) in [6, 6.07) is 54.6. The standard InChI is InChI=1S/C40H26I2N2S/c41-39(43-37(26-13-3-1-4-14-26)38(44-42)27-15-5-2-6-16-27)28-23-24-30-29-17-7-8-18-31(29)40(34(30)25-28)32-19-9-11-21-35(32)45-36-22-12-10-20-33(36)40/h1-25,44H/b38-37-,43-39-. The molecular formula is C40H26I2N2S. The molecule has 0 aromatic heterocycles. The highest BCUT2D eigenvalue weighted by Gasteiger charge is 2.50. The number of halogens is 2. The second-order valence-corrected chi connectivity index (χ2v) is 13.7. The minimum absolute atomic E-state index is 0.408. The molecule has 6 aromatic rings. The van der Waals surface area contributed by atoms with Crippen molar-refractivity contribution in [3.63, 3.8) is 0 Å². The van der Waals surface area contributed by atoms with Crippen LogP contribution in [0, 0.1) is 0 Å². The average molecular weight is 821 g/mol. The summed E-state index contributed by atoms with van der Waals surface area (Å²) in [5, 5.41) is 0. The number of aliphatic imine (C=N–C) groups is 1. The second kappa shape index (κ2) is 11.9. The van der Waals surface area contributed by atoms with Crippen LogP contribution in [0.4, 0.5) is 0 Å². The van der Waals surface area contributed by atoms with Crippen LogP contribution in [0.5, 0.6) is 0 Å². The van der Waals surface area contributed by atoms with Gasteiger partial charge in [0.25, 0.3) is 0 Å². The minimum atomic E-state index is -0.408. The SMILES string of the molecule is IN/C(=C(\N=C(/I)c1ccc2c(c1)C1(c3ccccc3Sc3ccccc31)c1ccccc1-2)c1ccccc1)c1ccccc1. The lowest BCUT2D eigenvalue weighted by Crippen LogP contribution is -2.32. The molecule has 0 amide bonds. The highest BCUT2D eigenvalue weighted by atomic mass is 127. The Balaban J connectivity index is 1.38. The molecule has 2 aliphatic rings. The molecule has 1 N–H and O–H groups in total. The lowest BCUT2D eigenvalue weighted by Gasteiger charge is -2.39. The van der Waals surface area contributed by atoms with Crippen LogP contribution in [-0.2, 0) is 5.41 Å². The van der Waals surface area contributed by atoms with E-state index >= 15 is 0 Å². The zero-order valence-electron chi connectivity index (χ0n) is 24.0. The van der Waals surface area contributed by atoms with Crippen LogP contribution in [0.2, 0.25) is 0 Å². The van der Waals surface area contributed by atoms with Gasteiger partial charge in [-0.3, -0.25) is 0 Å². The van der Waals surface area contributed by atoms with E-state index in [1.807, 2.05) is 23.9 Å². The second-order valence-electron chi connectivity index (χ2n) is 11.1. The van der Waals surface area contributed by atoms with Crippen molar-refractivity contribution in [1.29, 1.82) is 0 Å². The first-order valence-corrected chi connectivity index (χ1v) is 17.7. The smallest absolute Gasteiger partial charge is 0.109 e. The molecule has 0 unspecified atom stereocenters. The average Bonchev–Trinajstić information content (AvgIpc) is 3.39. The van der Waals surface area contributed by atoms with Crippen LogP contribution < -0.4 is 3.53 Å². The maximum atomic E-state index is 5.37. The molecule has 2 nitrogen and oxygen atoms in total. The Morgan fingerprint density at radius 1 is 0.533 bits per heavy atom. The fourth-order valence-corrected chi connectivity index (χ4v) is 9.18. The zero-order chi connectivity index (χ0) is 30.4. The molecule has 6 aromatic carbocycles. The molecule has 0 fully saturated rings. The Kier molecular flexibility index (Phi) is 7.63. The van der Waals surface area contributed by atoms with E-state index in [-0.39, 0.29) is 0 Å². The van der Waals surface area contributed by atoms with E-state index in [2.05, 4.69) is 189 Å². The van der Waals surface area contributed by atoms with Gasteiger partial charge in [0.15, 0.2) is 0 Å². The molecule has 5 heteroatoms. The molecule has 0 saturated carbocycles. The van der Waals surface area contributed by atoms with Crippen molar-refractivity contribution < 1.29 is 0 Å². The van der Waals surface area contributed by atoms with Crippen LogP contribution in [-0.4, -0.2) is 3.72 Å². The number of nitrogens with zero attached hydrogens (tertiary/aromatic N) is 1. The molecule has 1 spiro atoms. The fourth-order valence-electron chi connectivity index (χ4n) is 6.85. The normalized spacial score (nSPS) is 14.6. The van der Waals surface area contributed by atoms with E-state index in [4.69, 9.17) is 4.99 Å². The molecule has 1 aliphatic heterocycles.